The number of carbonyl (C=O) groups is 3. The number of nitrogens with one attached hydrogen (secondary N) is 2. The SMILES string of the molecule is CCOC(=O)Oc1ccc(C(=O)NCCCNC(=O)/C=C/c2ccccc2OC)cc1. The Morgan fingerprint density at radius 3 is 2.39 bits per heavy atom. The molecule has 2 aromatic rings. The highest BCUT2D eigenvalue weighted by molar-refractivity contribution is 5.94. The molecule has 2 aromatic carbocycles. The van der Waals surface area contributed by atoms with Crippen molar-refractivity contribution >= 4 is 24.0 Å². The molecule has 0 bridgehead atoms. The minimum atomic E-state index is -0.792. The van der Waals surface area contributed by atoms with Crippen LogP contribution >= 0.6 is 0 Å². The third-order valence-electron chi connectivity index (χ3n) is 4.07. The van der Waals surface area contributed by atoms with Crippen LogP contribution in [0.5, 0.6) is 11.5 Å². The van der Waals surface area contributed by atoms with E-state index in [1.807, 2.05) is 24.3 Å². The number of hydrogen-bond donors (Lipinski definition) is 2. The van der Waals surface area contributed by atoms with E-state index in [9.17, 15) is 14.4 Å². The molecule has 8 nitrogen and oxygen atoms in total. The van der Waals surface area contributed by atoms with Gasteiger partial charge in [-0.05, 0) is 49.8 Å². The maximum absolute atomic E-state index is 12.1. The zero-order valence-electron chi connectivity index (χ0n) is 17.6. The Bertz CT molecular complexity index is 909. The molecule has 0 spiro atoms. The smallest absolute Gasteiger partial charge is 0.496 e. The van der Waals surface area contributed by atoms with Crippen LogP contribution in [0.1, 0.15) is 29.3 Å². The van der Waals surface area contributed by atoms with E-state index in [1.165, 1.54) is 18.2 Å². The summed E-state index contributed by atoms with van der Waals surface area (Å²) in [7, 11) is 1.58. The Balaban J connectivity index is 1.68. The minimum Gasteiger partial charge on any atom is -0.496 e. The third-order valence-corrected chi connectivity index (χ3v) is 4.07. The van der Waals surface area contributed by atoms with Crippen LogP contribution in [0, 0.1) is 0 Å². The van der Waals surface area contributed by atoms with Gasteiger partial charge in [-0.25, -0.2) is 4.79 Å². The van der Waals surface area contributed by atoms with Crippen molar-refractivity contribution in [2.75, 3.05) is 26.8 Å². The number of rotatable bonds is 10. The standard InChI is InChI=1S/C23H26N2O6/c1-3-30-23(28)31-19-12-9-18(10-13-19)22(27)25-16-6-15-24-21(26)14-11-17-7-4-5-8-20(17)29-2/h4-5,7-14H,3,6,15-16H2,1-2H3,(H,24,26)(H,25,27)/b14-11+. The van der Waals surface area contributed by atoms with Gasteiger partial charge >= 0.3 is 6.16 Å². The molecular weight excluding hydrogens is 400 g/mol. The number of amides is 2. The van der Waals surface area contributed by atoms with Gasteiger partial charge in [0.05, 0.1) is 13.7 Å². The Hall–Kier alpha value is -3.81. The van der Waals surface area contributed by atoms with Crippen molar-refractivity contribution in [2.24, 2.45) is 0 Å². The lowest BCUT2D eigenvalue weighted by Gasteiger charge is -2.07. The minimum absolute atomic E-state index is 0.220. The van der Waals surface area contributed by atoms with Gasteiger partial charge in [0.25, 0.3) is 5.91 Å². The lowest BCUT2D eigenvalue weighted by Crippen LogP contribution is -2.29. The van der Waals surface area contributed by atoms with Crippen LogP contribution in [0.4, 0.5) is 4.79 Å². The molecule has 2 amide bonds. The second-order valence-corrected chi connectivity index (χ2v) is 6.29. The van der Waals surface area contributed by atoms with Crippen molar-refractivity contribution in [3.05, 3.63) is 65.7 Å². The van der Waals surface area contributed by atoms with Crippen LogP contribution in [-0.2, 0) is 9.53 Å². The first-order valence-electron chi connectivity index (χ1n) is 9.85. The van der Waals surface area contributed by atoms with Crippen molar-refractivity contribution in [3.8, 4) is 11.5 Å². The molecule has 0 radical (unpaired) electrons. The molecule has 0 unspecified atom stereocenters. The van der Waals surface area contributed by atoms with E-state index in [0.717, 1.165) is 5.56 Å². The Kier molecular flexibility index (Phi) is 9.61. The van der Waals surface area contributed by atoms with Gasteiger partial charge in [-0.15, -0.1) is 0 Å². The van der Waals surface area contributed by atoms with Crippen molar-refractivity contribution in [1.82, 2.24) is 10.6 Å². The van der Waals surface area contributed by atoms with Crippen molar-refractivity contribution in [3.63, 3.8) is 0 Å². The van der Waals surface area contributed by atoms with Crippen LogP contribution < -0.4 is 20.1 Å². The van der Waals surface area contributed by atoms with Crippen LogP contribution in [0.2, 0.25) is 0 Å². The Labute approximate surface area is 181 Å². The first-order chi connectivity index (χ1) is 15.0. The fraction of sp³-hybridized carbons (Fsp3) is 0.261. The van der Waals surface area contributed by atoms with E-state index >= 15 is 0 Å². The van der Waals surface area contributed by atoms with Gasteiger partial charge in [0.2, 0.25) is 5.91 Å². The van der Waals surface area contributed by atoms with E-state index in [2.05, 4.69) is 15.4 Å². The van der Waals surface area contributed by atoms with Gasteiger partial charge in [0, 0.05) is 30.3 Å². The topological polar surface area (TPSA) is 103 Å². The second-order valence-electron chi connectivity index (χ2n) is 6.29. The van der Waals surface area contributed by atoms with Crippen LogP contribution in [0.3, 0.4) is 0 Å². The van der Waals surface area contributed by atoms with E-state index in [0.29, 0.717) is 36.6 Å². The Morgan fingerprint density at radius 1 is 0.968 bits per heavy atom. The molecule has 0 aliphatic heterocycles. The highest BCUT2D eigenvalue weighted by atomic mass is 16.7. The molecule has 0 aliphatic rings. The van der Waals surface area contributed by atoms with Gasteiger partial charge in [-0.1, -0.05) is 18.2 Å². The van der Waals surface area contributed by atoms with Gasteiger partial charge in [-0.2, -0.15) is 0 Å². The summed E-state index contributed by atoms with van der Waals surface area (Å²) in [6.45, 7) is 2.72. The van der Waals surface area contributed by atoms with Crippen LogP contribution in [0.15, 0.2) is 54.6 Å². The molecule has 0 saturated carbocycles. The third kappa shape index (κ3) is 8.22. The predicted molar refractivity (Wildman–Crippen MR) is 116 cm³/mol. The number of benzene rings is 2. The maximum Gasteiger partial charge on any atom is 0.513 e. The fourth-order valence-corrected chi connectivity index (χ4v) is 2.55. The molecule has 0 atom stereocenters. The van der Waals surface area contributed by atoms with Gasteiger partial charge < -0.3 is 24.8 Å². The molecule has 164 valence electrons. The molecule has 2 rings (SSSR count). The van der Waals surface area contributed by atoms with Crippen LogP contribution in [0.25, 0.3) is 6.08 Å². The van der Waals surface area contributed by atoms with Crippen molar-refractivity contribution < 1.29 is 28.6 Å². The highest BCUT2D eigenvalue weighted by Gasteiger charge is 2.08. The van der Waals surface area contributed by atoms with Gasteiger partial charge in [0.1, 0.15) is 11.5 Å². The number of carbonyl (C=O) groups excluding carboxylic acids is 3. The predicted octanol–water partition coefficient (Wildman–Crippen LogP) is 3.18. The quantitative estimate of drug-likeness (QED) is 0.262. The summed E-state index contributed by atoms with van der Waals surface area (Å²) in [5.74, 6) is 0.494. The number of ether oxygens (including phenoxy) is 3. The van der Waals surface area contributed by atoms with E-state index in [-0.39, 0.29) is 18.4 Å². The second kappa shape index (κ2) is 12.7. The molecule has 0 aliphatic carbocycles. The normalized spacial score (nSPS) is 10.4. The van der Waals surface area contributed by atoms with Crippen molar-refractivity contribution in [1.29, 1.82) is 0 Å². The van der Waals surface area contributed by atoms with E-state index in [4.69, 9.17) is 9.47 Å². The molecule has 31 heavy (non-hydrogen) atoms. The summed E-state index contributed by atoms with van der Waals surface area (Å²) in [5.41, 5.74) is 1.24. The zero-order chi connectivity index (χ0) is 22.5. The first kappa shape index (κ1) is 23.5. The van der Waals surface area contributed by atoms with E-state index < -0.39 is 6.16 Å². The molecular formula is C23H26N2O6. The lowest BCUT2D eigenvalue weighted by molar-refractivity contribution is -0.116. The lowest BCUT2D eigenvalue weighted by atomic mass is 10.2. The number of hydrogen-bond acceptors (Lipinski definition) is 6. The molecule has 2 N–H and O–H groups in total. The summed E-state index contributed by atoms with van der Waals surface area (Å²) in [6, 6.07) is 13.5. The summed E-state index contributed by atoms with van der Waals surface area (Å²) in [6.07, 6.45) is 2.91. The summed E-state index contributed by atoms with van der Waals surface area (Å²) >= 11 is 0. The van der Waals surface area contributed by atoms with Gasteiger partial charge in [0.15, 0.2) is 0 Å². The zero-order valence-corrected chi connectivity index (χ0v) is 17.6. The van der Waals surface area contributed by atoms with Crippen LogP contribution in [-0.4, -0.2) is 44.8 Å². The maximum atomic E-state index is 12.1. The fourth-order valence-electron chi connectivity index (χ4n) is 2.55. The number of para-hydroxylation sites is 1. The molecule has 0 fully saturated rings. The highest BCUT2D eigenvalue weighted by Crippen LogP contribution is 2.18. The average molecular weight is 426 g/mol. The molecule has 0 heterocycles. The summed E-state index contributed by atoms with van der Waals surface area (Å²) < 4.78 is 14.9. The average Bonchev–Trinajstić information content (AvgIpc) is 2.78. The molecule has 0 aromatic heterocycles. The first-order valence-corrected chi connectivity index (χ1v) is 9.85. The summed E-state index contributed by atoms with van der Waals surface area (Å²) in [4.78, 5) is 35.3. The van der Waals surface area contributed by atoms with Gasteiger partial charge in [-0.3, -0.25) is 9.59 Å². The molecule has 0 saturated heterocycles. The largest absolute Gasteiger partial charge is 0.513 e. The Morgan fingerprint density at radius 2 is 1.68 bits per heavy atom. The summed E-state index contributed by atoms with van der Waals surface area (Å²) in [5, 5.41) is 5.53. The monoisotopic (exact) mass is 426 g/mol. The van der Waals surface area contributed by atoms with E-state index in [1.54, 1.807) is 32.2 Å². The molecule has 8 heteroatoms. The van der Waals surface area contributed by atoms with Crippen molar-refractivity contribution in [2.45, 2.75) is 13.3 Å². The number of methoxy groups -OCH3 is 1.